The van der Waals surface area contributed by atoms with Gasteiger partial charge >= 0.3 is 0 Å². The number of rotatable bonds is 2. The van der Waals surface area contributed by atoms with E-state index in [0.717, 1.165) is 53.6 Å². The van der Waals surface area contributed by atoms with Crippen LogP contribution in [-0.4, -0.2) is 19.9 Å². The molecule has 0 saturated heterocycles. The molecule has 1 aliphatic carbocycles. The Morgan fingerprint density at radius 1 is 1.08 bits per heavy atom. The molecule has 4 rings (SSSR count). The predicted octanol–water partition coefficient (Wildman–Crippen LogP) is 2.59. The van der Waals surface area contributed by atoms with E-state index in [4.69, 9.17) is 9.05 Å². The fraction of sp³-hybridized carbons (Fsp3) is 0.412. The van der Waals surface area contributed by atoms with Gasteiger partial charge in [-0.1, -0.05) is 10.3 Å². The van der Waals surface area contributed by atoms with E-state index in [2.05, 4.69) is 15.3 Å². The van der Waals surface area contributed by atoms with Gasteiger partial charge in [0.05, 0.1) is 16.8 Å². The third-order valence-corrected chi connectivity index (χ3v) is 4.61. The molecule has 124 valence electrons. The Labute approximate surface area is 138 Å². The molecule has 0 spiro atoms. The van der Waals surface area contributed by atoms with Crippen molar-refractivity contribution in [3.63, 3.8) is 0 Å². The molecule has 3 aromatic rings. The fourth-order valence-electron chi connectivity index (χ4n) is 3.40. The van der Waals surface area contributed by atoms with Gasteiger partial charge in [0.1, 0.15) is 5.76 Å². The van der Waals surface area contributed by atoms with Crippen LogP contribution in [0.3, 0.4) is 0 Å². The van der Waals surface area contributed by atoms with Crippen LogP contribution in [0.25, 0.3) is 22.8 Å². The van der Waals surface area contributed by atoms with Crippen LogP contribution in [0.15, 0.2) is 20.0 Å². The molecular weight excluding hydrogens is 308 g/mol. The number of fused-ring (bicyclic) bond motifs is 1. The van der Waals surface area contributed by atoms with Gasteiger partial charge < -0.3 is 13.6 Å². The van der Waals surface area contributed by atoms with Crippen molar-refractivity contribution >= 4 is 0 Å². The summed E-state index contributed by atoms with van der Waals surface area (Å²) in [6.45, 7) is 3.66. The van der Waals surface area contributed by atoms with Crippen molar-refractivity contribution in [2.75, 3.05) is 0 Å². The summed E-state index contributed by atoms with van der Waals surface area (Å²) in [7, 11) is 1.76. The predicted molar refractivity (Wildman–Crippen MR) is 86.6 cm³/mol. The quantitative estimate of drug-likeness (QED) is 0.719. The lowest BCUT2D eigenvalue weighted by molar-refractivity contribution is 0.393. The zero-order valence-electron chi connectivity index (χ0n) is 13.9. The van der Waals surface area contributed by atoms with Crippen molar-refractivity contribution in [1.82, 2.24) is 19.9 Å². The van der Waals surface area contributed by atoms with E-state index < -0.39 is 0 Å². The molecule has 7 nitrogen and oxygen atoms in total. The first-order valence-electron chi connectivity index (χ1n) is 8.05. The molecule has 0 aromatic carbocycles. The number of aryl methyl sites for hydroxylation is 3. The van der Waals surface area contributed by atoms with Gasteiger partial charge in [0.25, 0.3) is 11.4 Å². The van der Waals surface area contributed by atoms with Crippen molar-refractivity contribution in [2.45, 2.75) is 39.5 Å². The SMILES string of the molecule is Cc1noc(C)c1-c1noc(-c2cn(C)c(=O)c3c2CCCC3)n1. The standard InChI is InChI=1S/C17H18N4O3/c1-9-14(10(2)23-19-9)15-18-16(24-20-15)13-8-21(3)17(22)12-7-5-4-6-11(12)13/h8H,4-7H2,1-3H3. The molecule has 0 radical (unpaired) electrons. The molecule has 1 aliphatic rings. The normalized spacial score (nSPS) is 14.0. The lowest BCUT2D eigenvalue weighted by Gasteiger charge is -2.18. The fourth-order valence-corrected chi connectivity index (χ4v) is 3.40. The van der Waals surface area contributed by atoms with E-state index >= 15 is 0 Å². The Bertz CT molecular complexity index is 961. The monoisotopic (exact) mass is 326 g/mol. The molecule has 0 unspecified atom stereocenters. The molecule has 0 saturated carbocycles. The number of nitrogens with zero attached hydrogens (tertiary/aromatic N) is 4. The smallest absolute Gasteiger partial charge is 0.260 e. The van der Waals surface area contributed by atoms with E-state index in [1.807, 2.05) is 13.8 Å². The van der Waals surface area contributed by atoms with Gasteiger partial charge in [0.2, 0.25) is 5.82 Å². The molecule has 7 heteroatoms. The van der Waals surface area contributed by atoms with Crippen LogP contribution in [-0.2, 0) is 19.9 Å². The van der Waals surface area contributed by atoms with Gasteiger partial charge in [-0.2, -0.15) is 4.98 Å². The summed E-state index contributed by atoms with van der Waals surface area (Å²) < 4.78 is 12.3. The van der Waals surface area contributed by atoms with E-state index in [0.29, 0.717) is 17.5 Å². The minimum Gasteiger partial charge on any atom is -0.361 e. The molecule has 0 bridgehead atoms. The van der Waals surface area contributed by atoms with Gasteiger partial charge in [-0.25, -0.2) is 0 Å². The summed E-state index contributed by atoms with van der Waals surface area (Å²) in [5.74, 6) is 1.54. The first-order valence-corrected chi connectivity index (χ1v) is 8.05. The van der Waals surface area contributed by atoms with Crippen molar-refractivity contribution in [3.05, 3.63) is 39.1 Å². The van der Waals surface area contributed by atoms with Gasteiger partial charge in [-0.05, 0) is 45.1 Å². The summed E-state index contributed by atoms with van der Waals surface area (Å²) in [6, 6.07) is 0. The van der Waals surface area contributed by atoms with Gasteiger partial charge in [0.15, 0.2) is 0 Å². The maximum atomic E-state index is 12.4. The Hall–Kier alpha value is -2.70. The number of hydrogen-bond donors (Lipinski definition) is 0. The van der Waals surface area contributed by atoms with Crippen molar-refractivity contribution in [2.24, 2.45) is 7.05 Å². The van der Waals surface area contributed by atoms with E-state index in [1.54, 1.807) is 17.8 Å². The molecular formula is C17H18N4O3. The van der Waals surface area contributed by atoms with Crippen LogP contribution in [0.4, 0.5) is 0 Å². The highest BCUT2D eigenvalue weighted by Gasteiger charge is 2.24. The van der Waals surface area contributed by atoms with Crippen molar-refractivity contribution in [3.8, 4) is 22.8 Å². The summed E-state index contributed by atoms with van der Waals surface area (Å²) in [4.78, 5) is 16.9. The van der Waals surface area contributed by atoms with E-state index in [9.17, 15) is 4.79 Å². The van der Waals surface area contributed by atoms with Crippen LogP contribution >= 0.6 is 0 Å². The Balaban J connectivity index is 1.87. The molecule has 3 heterocycles. The first kappa shape index (κ1) is 14.9. The molecule has 24 heavy (non-hydrogen) atoms. The molecule has 0 fully saturated rings. The maximum absolute atomic E-state index is 12.4. The Morgan fingerprint density at radius 2 is 1.83 bits per heavy atom. The second kappa shape index (κ2) is 5.43. The summed E-state index contributed by atoms with van der Waals surface area (Å²) in [6.07, 6.45) is 5.57. The van der Waals surface area contributed by atoms with Crippen LogP contribution in [0, 0.1) is 13.8 Å². The van der Waals surface area contributed by atoms with Crippen LogP contribution < -0.4 is 5.56 Å². The molecule has 0 atom stereocenters. The average Bonchev–Trinajstić information content (AvgIpc) is 3.17. The van der Waals surface area contributed by atoms with Crippen LogP contribution in [0.2, 0.25) is 0 Å². The molecule has 3 aromatic heterocycles. The average molecular weight is 326 g/mol. The Morgan fingerprint density at radius 3 is 2.54 bits per heavy atom. The molecule has 0 N–H and O–H groups in total. The van der Waals surface area contributed by atoms with Crippen LogP contribution in [0.5, 0.6) is 0 Å². The third-order valence-electron chi connectivity index (χ3n) is 4.61. The first-order chi connectivity index (χ1) is 11.6. The highest BCUT2D eigenvalue weighted by atomic mass is 16.5. The largest absolute Gasteiger partial charge is 0.361 e. The number of pyridine rings is 1. The molecule has 0 amide bonds. The minimum absolute atomic E-state index is 0.0684. The van der Waals surface area contributed by atoms with Crippen LogP contribution in [0.1, 0.15) is 35.4 Å². The second-order valence-electron chi connectivity index (χ2n) is 6.25. The van der Waals surface area contributed by atoms with E-state index in [1.165, 1.54) is 0 Å². The highest BCUT2D eigenvalue weighted by Crippen LogP contribution is 2.31. The van der Waals surface area contributed by atoms with Gasteiger partial charge in [-0.15, -0.1) is 0 Å². The number of aromatic nitrogens is 4. The lowest BCUT2D eigenvalue weighted by Crippen LogP contribution is -2.25. The third kappa shape index (κ3) is 2.19. The van der Waals surface area contributed by atoms with Crippen molar-refractivity contribution in [1.29, 1.82) is 0 Å². The maximum Gasteiger partial charge on any atom is 0.260 e. The topological polar surface area (TPSA) is 87.0 Å². The minimum atomic E-state index is 0.0684. The highest BCUT2D eigenvalue weighted by molar-refractivity contribution is 5.65. The number of hydrogen-bond acceptors (Lipinski definition) is 6. The lowest BCUT2D eigenvalue weighted by atomic mass is 9.90. The second-order valence-corrected chi connectivity index (χ2v) is 6.25. The summed E-state index contributed by atoms with van der Waals surface area (Å²) >= 11 is 0. The Kier molecular flexibility index (Phi) is 3.37. The molecule has 0 aliphatic heterocycles. The van der Waals surface area contributed by atoms with Gasteiger partial charge in [0, 0.05) is 18.8 Å². The summed E-state index contributed by atoms with van der Waals surface area (Å²) in [5, 5.41) is 8.01. The van der Waals surface area contributed by atoms with E-state index in [-0.39, 0.29) is 5.56 Å². The zero-order valence-corrected chi connectivity index (χ0v) is 13.9. The summed E-state index contributed by atoms with van der Waals surface area (Å²) in [5.41, 5.74) is 4.30. The van der Waals surface area contributed by atoms with Gasteiger partial charge in [-0.3, -0.25) is 4.79 Å². The van der Waals surface area contributed by atoms with Crippen molar-refractivity contribution < 1.29 is 9.05 Å². The zero-order chi connectivity index (χ0) is 16.8.